The van der Waals surface area contributed by atoms with E-state index in [1.165, 1.54) is 17.9 Å². The second-order valence-corrected chi connectivity index (χ2v) is 3.70. The molecule has 0 bridgehead atoms. The standard InChI is InChI=1S/C10H14N2O3/c1-6(3-7(2)13)12-5-8(10(11)15)4-9(12)14/h3,8H,4-5H2,1-2H3,(H2,11,15). The molecule has 1 atom stereocenters. The van der Waals surface area contributed by atoms with Crippen LogP contribution in [0.25, 0.3) is 0 Å². The molecule has 1 aliphatic heterocycles. The van der Waals surface area contributed by atoms with E-state index >= 15 is 0 Å². The van der Waals surface area contributed by atoms with Crippen molar-refractivity contribution in [2.24, 2.45) is 11.7 Å². The molecule has 1 rings (SSSR count). The third-order valence-corrected chi connectivity index (χ3v) is 2.37. The third kappa shape index (κ3) is 2.65. The van der Waals surface area contributed by atoms with Crippen molar-refractivity contribution < 1.29 is 14.4 Å². The summed E-state index contributed by atoms with van der Waals surface area (Å²) in [6.07, 6.45) is 1.51. The Balaban J connectivity index is 2.77. The molecule has 5 nitrogen and oxygen atoms in total. The van der Waals surface area contributed by atoms with E-state index in [-0.39, 0.29) is 24.7 Å². The summed E-state index contributed by atoms with van der Waals surface area (Å²) < 4.78 is 0. The maximum atomic E-state index is 11.5. The van der Waals surface area contributed by atoms with Crippen LogP contribution in [0.3, 0.4) is 0 Å². The molecule has 2 amide bonds. The third-order valence-electron chi connectivity index (χ3n) is 2.37. The zero-order valence-electron chi connectivity index (χ0n) is 8.82. The average Bonchev–Trinajstić information content (AvgIpc) is 2.46. The molecule has 0 aromatic carbocycles. The fourth-order valence-electron chi connectivity index (χ4n) is 1.61. The largest absolute Gasteiger partial charge is 0.369 e. The first-order valence-electron chi connectivity index (χ1n) is 4.70. The summed E-state index contributed by atoms with van der Waals surface area (Å²) in [5, 5.41) is 0. The van der Waals surface area contributed by atoms with E-state index in [2.05, 4.69) is 0 Å². The first-order valence-corrected chi connectivity index (χ1v) is 4.70. The fourth-order valence-corrected chi connectivity index (χ4v) is 1.61. The van der Waals surface area contributed by atoms with E-state index in [0.717, 1.165) is 0 Å². The monoisotopic (exact) mass is 210 g/mol. The van der Waals surface area contributed by atoms with Crippen molar-refractivity contribution in [3.8, 4) is 0 Å². The minimum atomic E-state index is -0.471. The second-order valence-electron chi connectivity index (χ2n) is 3.70. The first kappa shape index (κ1) is 11.4. The van der Waals surface area contributed by atoms with Crippen LogP contribution in [0, 0.1) is 5.92 Å². The highest BCUT2D eigenvalue weighted by Crippen LogP contribution is 2.21. The van der Waals surface area contributed by atoms with Crippen LogP contribution in [0.4, 0.5) is 0 Å². The number of hydrogen-bond acceptors (Lipinski definition) is 3. The topological polar surface area (TPSA) is 80.5 Å². The van der Waals surface area contributed by atoms with E-state index in [1.807, 2.05) is 0 Å². The van der Waals surface area contributed by atoms with Gasteiger partial charge in [-0.2, -0.15) is 0 Å². The Morgan fingerprint density at radius 3 is 2.47 bits per heavy atom. The number of nitrogens with two attached hydrogens (primary N) is 1. The number of hydrogen-bond donors (Lipinski definition) is 1. The maximum Gasteiger partial charge on any atom is 0.227 e. The summed E-state index contributed by atoms with van der Waals surface area (Å²) in [7, 11) is 0. The molecule has 82 valence electrons. The summed E-state index contributed by atoms with van der Waals surface area (Å²) >= 11 is 0. The van der Waals surface area contributed by atoms with Crippen LogP contribution in [0.15, 0.2) is 11.8 Å². The van der Waals surface area contributed by atoms with Crippen LogP contribution >= 0.6 is 0 Å². The van der Waals surface area contributed by atoms with Crippen molar-refractivity contribution in [3.05, 3.63) is 11.8 Å². The summed E-state index contributed by atoms with van der Waals surface area (Å²) in [5.41, 5.74) is 5.69. The van der Waals surface area contributed by atoms with Crippen molar-refractivity contribution in [1.82, 2.24) is 4.90 Å². The lowest BCUT2D eigenvalue weighted by molar-refractivity contribution is -0.127. The Morgan fingerprint density at radius 1 is 1.47 bits per heavy atom. The molecule has 2 N–H and O–H groups in total. The highest BCUT2D eigenvalue weighted by molar-refractivity contribution is 5.92. The SMILES string of the molecule is CC(=O)C=C(C)N1CC(C(N)=O)CC1=O. The van der Waals surface area contributed by atoms with Crippen LogP contribution in [0.1, 0.15) is 20.3 Å². The van der Waals surface area contributed by atoms with Crippen LogP contribution in [-0.4, -0.2) is 29.0 Å². The van der Waals surface area contributed by atoms with Gasteiger partial charge in [-0.3, -0.25) is 14.4 Å². The Morgan fingerprint density at radius 2 is 2.07 bits per heavy atom. The fraction of sp³-hybridized carbons (Fsp3) is 0.500. The highest BCUT2D eigenvalue weighted by atomic mass is 16.2. The predicted molar refractivity (Wildman–Crippen MR) is 53.5 cm³/mol. The van der Waals surface area contributed by atoms with Gasteiger partial charge in [-0.05, 0) is 13.8 Å². The lowest BCUT2D eigenvalue weighted by Gasteiger charge is -2.16. The molecule has 1 saturated heterocycles. The van der Waals surface area contributed by atoms with E-state index < -0.39 is 11.8 Å². The average molecular weight is 210 g/mol. The molecule has 0 aromatic rings. The van der Waals surface area contributed by atoms with E-state index in [9.17, 15) is 14.4 Å². The normalized spacial score (nSPS) is 22.0. The number of likely N-dealkylation sites (tertiary alicyclic amines) is 1. The molecule has 5 heteroatoms. The molecular weight excluding hydrogens is 196 g/mol. The van der Waals surface area contributed by atoms with Crippen LogP contribution < -0.4 is 5.73 Å². The maximum absolute atomic E-state index is 11.5. The smallest absolute Gasteiger partial charge is 0.227 e. The number of nitrogens with zero attached hydrogens (tertiary/aromatic N) is 1. The van der Waals surface area contributed by atoms with E-state index in [1.54, 1.807) is 6.92 Å². The molecule has 0 spiro atoms. The highest BCUT2D eigenvalue weighted by Gasteiger charge is 2.33. The van der Waals surface area contributed by atoms with Gasteiger partial charge in [0, 0.05) is 24.7 Å². The van der Waals surface area contributed by atoms with E-state index in [4.69, 9.17) is 5.73 Å². The molecular formula is C10H14N2O3. The Hall–Kier alpha value is -1.65. The van der Waals surface area contributed by atoms with Gasteiger partial charge < -0.3 is 10.6 Å². The number of rotatable bonds is 3. The molecule has 1 fully saturated rings. The number of allylic oxidation sites excluding steroid dienone is 2. The van der Waals surface area contributed by atoms with Gasteiger partial charge >= 0.3 is 0 Å². The number of primary amides is 1. The van der Waals surface area contributed by atoms with Gasteiger partial charge in [-0.1, -0.05) is 0 Å². The molecule has 1 unspecified atom stereocenters. The molecule has 0 aromatic heterocycles. The van der Waals surface area contributed by atoms with Crippen molar-refractivity contribution in [2.45, 2.75) is 20.3 Å². The van der Waals surface area contributed by atoms with Crippen molar-refractivity contribution in [3.63, 3.8) is 0 Å². The predicted octanol–water partition coefficient (Wildman–Crippen LogP) is -0.187. The first-order chi connectivity index (χ1) is 6.91. The molecule has 0 radical (unpaired) electrons. The zero-order valence-corrected chi connectivity index (χ0v) is 8.82. The lowest BCUT2D eigenvalue weighted by atomic mass is 10.1. The summed E-state index contributed by atoms with van der Waals surface area (Å²) in [5.74, 6) is -1.19. The van der Waals surface area contributed by atoms with Gasteiger partial charge in [0.1, 0.15) is 0 Å². The van der Waals surface area contributed by atoms with Gasteiger partial charge in [0.25, 0.3) is 0 Å². The summed E-state index contributed by atoms with van der Waals surface area (Å²) in [6.45, 7) is 3.36. The molecule has 1 heterocycles. The number of carbonyl (C=O) groups excluding carboxylic acids is 3. The van der Waals surface area contributed by atoms with Crippen molar-refractivity contribution in [2.75, 3.05) is 6.54 Å². The molecule has 15 heavy (non-hydrogen) atoms. The van der Waals surface area contributed by atoms with Crippen molar-refractivity contribution in [1.29, 1.82) is 0 Å². The number of ketones is 1. The zero-order chi connectivity index (χ0) is 11.6. The minimum Gasteiger partial charge on any atom is -0.369 e. The van der Waals surface area contributed by atoms with Crippen LogP contribution in [-0.2, 0) is 14.4 Å². The van der Waals surface area contributed by atoms with E-state index in [0.29, 0.717) is 5.70 Å². The van der Waals surface area contributed by atoms with Crippen LogP contribution in [0.2, 0.25) is 0 Å². The van der Waals surface area contributed by atoms with Crippen molar-refractivity contribution >= 4 is 17.6 Å². The van der Waals surface area contributed by atoms with Gasteiger partial charge in [0.2, 0.25) is 11.8 Å². The van der Waals surface area contributed by atoms with Gasteiger partial charge in [0.05, 0.1) is 5.92 Å². The minimum absolute atomic E-state index is 0.122. The molecule has 0 saturated carbocycles. The van der Waals surface area contributed by atoms with Gasteiger partial charge in [-0.15, -0.1) is 0 Å². The Bertz CT molecular complexity index is 347. The Kier molecular flexibility index (Phi) is 3.24. The van der Waals surface area contributed by atoms with Gasteiger partial charge in [0.15, 0.2) is 5.78 Å². The Labute approximate surface area is 87.9 Å². The quantitative estimate of drug-likeness (QED) is 0.656. The lowest BCUT2D eigenvalue weighted by Crippen LogP contribution is -2.27. The molecule has 1 aliphatic rings. The van der Waals surface area contributed by atoms with Gasteiger partial charge in [-0.25, -0.2) is 0 Å². The molecule has 0 aliphatic carbocycles. The van der Waals surface area contributed by atoms with Crippen LogP contribution in [0.5, 0.6) is 0 Å². The summed E-state index contributed by atoms with van der Waals surface area (Å²) in [4.78, 5) is 34.6. The number of amides is 2. The summed E-state index contributed by atoms with van der Waals surface area (Å²) in [6, 6.07) is 0. The second kappa shape index (κ2) is 4.25. The number of carbonyl (C=O) groups is 3.